The molecule has 0 saturated carbocycles. The molecule has 12 atom stereocenters. The van der Waals surface area contributed by atoms with E-state index in [1.54, 1.807) is 0 Å². The SMILES string of the molecule is C=CC1=C(C)C2CC3NC(CC4NC(CC5NC(CC1N2)C(C)C5CCC(=O)OC)C(CCC(=O)OC)=C4C)C(C)C3C=C. The van der Waals surface area contributed by atoms with E-state index in [1.165, 1.54) is 36.5 Å². The van der Waals surface area contributed by atoms with E-state index in [0.29, 0.717) is 67.1 Å². The number of ether oxygens (including phenoxy) is 2. The average molecular weight is 609 g/mol. The summed E-state index contributed by atoms with van der Waals surface area (Å²) in [6.45, 7) is 17.8. The highest BCUT2D eigenvalue weighted by Crippen LogP contribution is 2.42. The second-order valence-electron chi connectivity index (χ2n) is 14.2. The number of fused-ring (bicyclic) bond motifs is 8. The molecule has 8 nitrogen and oxygen atoms in total. The van der Waals surface area contributed by atoms with Crippen LogP contribution in [0.3, 0.4) is 0 Å². The predicted molar refractivity (Wildman–Crippen MR) is 175 cm³/mol. The molecule has 5 aliphatic heterocycles. The molecule has 8 bridgehead atoms. The van der Waals surface area contributed by atoms with Crippen molar-refractivity contribution in [1.29, 1.82) is 0 Å². The van der Waals surface area contributed by atoms with Crippen LogP contribution in [0.2, 0.25) is 0 Å². The lowest BCUT2D eigenvalue weighted by Gasteiger charge is -2.28. The number of carbonyl (C=O) groups excluding carboxylic acids is 2. The van der Waals surface area contributed by atoms with Crippen LogP contribution in [-0.4, -0.2) is 74.5 Å². The van der Waals surface area contributed by atoms with Gasteiger partial charge in [0.25, 0.3) is 0 Å². The second kappa shape index (κ2) is 14.0. The Labute approximate surface area is 264 Å². The molecular formula is C36H56N4O4. The second-order valence-corrected chi connectivity index (χ2v) is 14.2. The Hall–Kier alpha value is -2.26. The molecule has 12 unspecified atom stereocenters. The Morgan fingerprint density at radius 1 is 0.750 bits per heavy atom. The van der Waals surface area contributed by atoms with Gasteiger partial charge >= 0.3 is 11.9 Å². The summed E-state index contributed by atoms with van der Waals surface area (Å²) in [5.74, 6) is 1.32. The number of hydrogen-bond acceptors (Lipinski definition) is 8. The molecule has 0 radical (unpaired) electrons. The van der Waals surface area contributed by atoms with Gasteiger partial charge in [-0.3, -0.25) is 9.59 Å². The highest BCUT2D eigenvalue weighted by molar-refractivity contribution is 5.69. The van der Waals surface area contributed by atoms with Crippen molar-refractivity contribution in [2.45, 2.75) is 127 Å². The van der Waals surface area contributed by atoms with Crippen molar-refractivity contribution >= 4 is 11.9 Å². The van der Waals surface area contributed by atoms with Gasteiger partial charge in [0.15, 0.2) is 0 Å². The number of esters is 2. The van der Waals surface area contributed by atoms with Crippen molar-refractivity contribution in [2.24, 2.45) is 23.7 Å². The van der Waals surface area contributed by atoms with E-state index in [2.05, 4.69) is 74.3 Å². The first-order valence-corrected chi connectivity index (χ1v) is 16.9. The van der Waals surface area contributed by atoms with E-state index in [0.717, 1.165) is 32.1 Å². The van der Waals surface area contributed by atoms with Crippen LogP contribution >= 0.6 is 0 Å². The van der Waals surface area contributed by atoms with E-state index in [1.807, 2.05) is 0 Å². The average Bonchev–Trinajstić information content (AvgIpc) is 3.67. The van der Waals surface area contributed by atoms with Crippen LogP contribution in [0.1, 0.15) is 79.1 Å². The summed E-state index contributed by atoms with van der Waals surface area (Å²) in [5.41, 5.74) is 5.48. The normalized spacial score (nSPS) is 40.3. The van der Waals surface area contributed by atoms with Gasteiger partial charge in [-0.1, -0.05) is 49.3 Å². The largest absolute Gasteiger partial charge is 0.469 e. The lowest BCUT2D eigenvalue weighted by atomic mass is 9.80. The summed E-state index contributed by atoms with van der Waals surface area (Å²) in [4.78, 5) is 24.5. The fraction of sp³-hybridized carbons (Fsp3) is 0.722. The Bertz CT molecular complexity index is 1180. The Balaban J connectivity index is 1.49. The summed E-state index contributed by atoms with van der Waals surface area (Å²) in [6.07, 6.45) is 10.5. The molecule has 8 heteroatoms. The van der Waals surface area contributed by atoms with E-state index >= 15 is 0 Å². The molecule has 0 aromatic carbocycles. The third-order valence-corrected chi connectivity index (χ3v) is 12.2. The van der Waals surface area contributed by atoms with Crippen LogP contribution in [0.15, 0.2) is 47.6 Å². The van der Waals surface area contributed by atoms with Crippen molar-refractivity contribution in [3.8, 4) is 0 Å². The maximum Gasteiger partial charge on any atom is 0.305 e. The van der Waals surface area contributed by atoms with E-state index in [4.69, 9.17) is 9.47 Å². The van der Waals surface area contributed by atoms with Crippen LogP contribution in [0.25, 0.3) is 0 Å². The van der Waals surface area contributed by atoms with E-state index in [-0.39, 0.29) is 36.1 Å². The van der Waals surface area contributed by atoms with Gasteiger partial charge in [0.1, 0.15) is 0 Å². The number of methoxy groups -OCH3 is 2. The quantitative estimate of drug-likeness (QED) is 0.239. The van der Waals surface area contributed by atoms with Gasteiger partial charge in [-0.2, -0.15) is 0 Å². The van der Waals surface area contributed by atoms with Crippen LogP contribution in [0, 0.1) is 23.7 Å². The minimum Gasteiger partial charge on any atom is -0.469 e. The predicted octanol–water partition coefficient (Wildman–Crippen LogP) is 4.34. The molecular weight excluding hydrogens is 552 g/mol. The van der Waals surface area contributed by atoms with Crippen molar-refractivity contribution in [1.82, 2.24) is 21.3 Å². The summed E-state index contributed by atoms with van der Waals surface area (Å²) in [7, 11) is 2.94. The Kier molecular flexibility index (Phi) is 10.6. The third kappa shape index (κ3) is 6.51. The van der Waals surface area contributed by atoms with Gasteiger partial charge in [0, 0.05) is 61.2 Å². The van der Waals surface area contributed by atoms with Crippen LogP contribution < -0.4 is 21.3 Å². The first-order chi connectivity index (χ1) is 21.1. The molecule has 0 aromatic heterocycles. The third-order valence-electron chi connectivity index (χ3n) is 12.2. The molecule has 3 saturated heterocycles. The number of nitrogens with one attached hydrogen (secondary N) is 4. The summed E-state index contributed by atoms with van der Waals surface area (Å²) in [5, 5.41) is 16.2. The fourth-order valence-electron chi connectivity index (χ4n) is 9.48. The minimum atomic E-state index is -0.166. The van der Waals surface area contributed by atoms with Crippen LogP contribution in [-0.2, 0) is 19.1 Å². The lowest BCUT2D eigenvalue weighted by Crippen LogP contribution is -2.46. The molecule has 0 aromatic rings. The van der Waals surface area contributed by atoms with Gasteiger partial charge in [-0.25, -0.2) is 0 Å². The zero-order valence-corrected chi connectivity index (χ0v) is 27.8. The summed E-state index contributed by atoms with van der Waals surface area (Å²) >= 11 is 0. The minimum absolute atomic E-state index is 0.145. The zero-order chi connectivity index (χ0) is 31.7. The smallest absolute Gasteiger partial charge is 0.305 e. The molecule has 0 amide bonds. The van der Waals surface area contributed by atoms with Gasteiger partial charge in [0.2, 0.25) is 0 Å². The fourth-order valence-corrected chi connectivity index (χ4v) is 9.48. The summed E-state index contributed by atoms with van der Waals surface area (Å²) < 4.78 is 10.1. The molecule has 5 rings (SSSR count). The maximum absolute atomic E-state index is 12.3. The Morgan fingerprint density at radius 3 is 2.00 bits per heavy atom. The van der Waals surface area contributed by atoms with Crippen LogP contribution in [0.5, 0.6) is 0 Å². The monoisotopic (exact) mass is 608 g/mol. The molecule has 3 fully saturated rings. The van der Waals surface area contributed by atoms with Crippen molar-refractivity contribution in [3.05, 3.63) is 47.6 Å². The van der Waals surface area contributed by atoms with Crippen LogP contribution in [0.4, 0.5) is 0 Å². The topological polar surface area (TPSA) is 101 Å². The lowest BCUT2D eigenvalue weighted by molar-refractivity contribution is -0.141. The zero-order valence-electron chi connectivity index (χ0n) is 27.8. The van der Waals surface area contributed by atoms with Gasteiger partial charge in [-0.05, 0) is 81.6 Å². The van der Waals surface area contributed by atoms with Crippen molar-refractivity contribution < 1.29 is 19.1 Å². The van der Waals surface area contributed by atoms with E-state index in [9.17, 15) is 9.59 Å². The number of hydrogen-bond donors (Lipinski definition) is 4. The first-order valence-electron chi connectivity index (χ1n) is 16.9. The summed E-state index contributed by atoms with van der Waals surface area (Å²) in [6, 6.07) is 2.24. The molecule has 5 aliphatic rings. The van der Waals surface area contributed by atoms with Gasteiger partial charge in [-0.15, -0.1) is 6.58 Å². The standard InChI is InChI=1S/C36H56N4O4/c1-9-23-19(3)27-15-28-21(5)25(11-13-35(41)43-7)33(39-28)18-34-26(12-14-36(42)44-8)22(6)30(40-34)17-32-24(10-2)20(4)29(38-32)16-31(23)37-27/h9-10,19,22-23,26-34,37-40H,1-2,11-18H2,3-8H3. The van der Waals surface area contributed by atoms with Crippen molar-refractivity contribution in [2.75, 3.05) is 14.2 Å². The highest BCUT2D eigenvalue weighted by atomic mass is 16.5. The molecule has 44 heavy (non-hydrogen) atoms. The molecule has 4 N–H and O–H groups in total. The highest BCUT2D eigenvalue weighted by Gasteiger charge is 2.47. The number of carbonyl (C=O) groups is 2. The molecule has 5 heterocycles. The van der Waals surface area contributed by atoms with Gasteiger partial charge in [0.05, 0.1) is 14.2 Å². The van der Waals surface area contributed by atoms with E-state index < -0.39 is 0 Å². The molecule has 244 valence electrons. The molecule has 0 spiro atoms. The van der Waals surface area contributed by atoms with Gasteiger partial charge < -0.3 is 30.7 Å². The van der Waals surface area contributed by atoms with Crippen molar-refractivity contribution in [3.63, 3.8) is 0 Å². The molecule has 0 aliphatic carbocycles. The first kappa shape index (κ1) is 33.1. The number of rotatable bonds is 8. The maximum atomic E-state index is 12.3. The Morgan fingerprint density at radius 2 is 1.32 bits per heavy atom.